The van der Waals surface area contributed by atoms with Crippen LogP contribution in [-0.4, -0.2) is 48.0 Å². The van der Waals surface area contributed by atoms with Gasteiger partial charge in [0.1, 0.15) is 17.4 Å². The van der Waals surface area contributed by atoms with Gasteiger partial charge in [-0.3, -0.25) is 0 Å². The lowest BCUT2D eigenvalue weighted by Crippen LogP contribution is -2.35. The molecule has 2 aromatic heterocycles. The van der Waals surface area contributed by atoms with Crippen LogP contribution in [0, 0.1) is 12.8 Å². The van der Waals surface area contributed by atoms with Crippen molar-refractivity contribution in [2.75, 3.05) is 37.6 Å². The van der Waals surface area contributed by atoms with Crippen LogP contribution in [0.15, 0.2) is 30.5 Å². The second kappa shape index (κ2) is 8.08. The Bertz CT molecular complexity index is 1020. The molecule has 3 aromatic rings. The number of ether oxygens (including phenoxy) is 2. The number of hydrogen-bond donors (Lipinski definition) is 1. The summed E-state index contributed by atoms with van der Waals surface area (Å²) in [7, 11) is 3.38. The Kier molecular flexibility index (Phi) is 5.52. The fourth-order valence-electron chi connectivity index (χ4n) is 4.08. The highest BCUT2D eigenvalue weighted by molar-refractivity contribution is 6.33. The maximum Gasteiger partial charge on any atom is 0.159 e. The minimum Gasteiger partial charge on any atom is -0.497 e. The van der Waals surface area contributed by atoms with Crippen molar-refractivity contribution in [2.45, 2.75) is 26.3 Å². The zero-order chi connectivity index (χ0) is 20.5. The second-order valence-corrected chi connectivity index (χ2v) is 7.99. The van der Waals surface area contributed by atoms with Gasteiger partial charge >= 0.3 is 0 Å². The largest absolute Gasteiger partial charge is 0.497 e. The summed E-state index contributed by atoms with van der Waals surface area (Å²) in [5.74, 6) is 3.10. The van der Waals surface area contributed by atoms with E-state index in [2.05, 4.69) is 29.2 Å². The van der Waals surface area contributed by atoms with E-state index in [9.17, 15) is 0 Å². The molecule has 2 unspecified atom stereocenters. The first kappa shape index (κ1) is 19.8. The minimum atomic E-state index is 0.306. The summed E-state index contributed by atoms with van der Waals surface area (Å²) >= 11 is 6.44. The van der Waals surface area contributed by atoms with Crippen molar-refractivity contribution in [2.24, 2.45) is 5.92 Å². The Labute approximate surface area is 175 Å². The standard InChI is InChI=1S/C21H26ClN5O2/c1-13-9-15(12-28-3)26(11-13)21-14(2)20(25-19-7-8-23-27(19)21)24-18-6-5-16(29-4)10-17(18)22/h5-8,10,13,15H,9,11-12H2,1-4H3,(H,24,25). The summed E-state index contributed by atoms with van der Waals surface area (Å²) in [4.78, 5) is 7.17. The van der Waals surface area contributed by atoms with Crippen LogP contribution in [0.3, 0.4) is 0 Å². The Balaban J connectivity index is 1.78. The summed E-state index contributed by atoms with van der Waals surface area (Å²) in [6.45, 7) is 5.98. The quantitative estimate of drug-likeness (QED) is 0.647. The van der Waals surface area contributed by atoms with Crippen LogP contribution in [0.25, 0.3) is 5.65 Å². The van der Waals surface area contributed by atoms with E-state index in [0.29, 0.717) is 29.3 Å². The maximum absolute atomic E-state index is 6.44. The number of nitrogens with zero attached hydrogens (tertiary/aromatic N) is 4. The van der Waals surface area contributed by atoms with Gasteiger partial charge in [-0.1, -0.05) is 18.5 Å². The number of nitrogens with one attached hydrogen (secondary N) is 1. The molecule has 1 saturated heterocycles. The number of halogens is 1. The molecule has 1 N–H and O–H groups in total. The molecule has 0 amide bonds. The van der Waals surface area contributed by atoms with Crippen LogP contribution in [0.1, 0.15) is 18.9 Å². The van der Waals surface area contributed by atoms with Gasteiger partial charge in [0.2, 0.25) is 0 Å². The van der Waals surface area contributed by atoms with E-state index in [1.165, 1.54) is 0 Å². The van der Waals surface area contributed by atoms with Crippen LogP contribution in [0.2, 0.25) is 5.02 Å². The van der Waals surface area contributed by atoms with E-state index >= 15 is 0 Å². The van der Waals surface area contributed by atoms with Crippen LogP contribution in [0.5, 0.6) is 5.75 Å². The normalized spacial score (nSPS) is 19.1. The molecule has 29 heavy (non-hydrogen) atoms. The molecule has 3 heterocycles. The monoisotopic (exact) mass is 415 g/mol. The Morgan fingerprint density at radius 3 is 2.83 bits per heavy atom. The van der Waals surface area contributed by atoms with Gasteiger partial charge in [-0.15, -0.1) is 0 Å². The van der Waals surface area contributed by atoms with Gasteiger partial charge in [0, 0.05) is 31.4 Å². The zero-order valence-corrected chi connectivity index (χ0v) is 17.9. The van der Waals surface area contributed by atoms with E-state index in [1.807, 2.05) is 22.7 Å². The molecule has 0 aliphatic carbocycles. The van der Waals surface area contributed by atoms with Gasteiger partial charge in [-0.2, -0.15) is 9.61 Å². The van der Waals surface area contributed by atoms with E-state index in [-0.39, 0.29) is 0 Å². The van der Waals surface area contributed by atoms with E-state index < -0.39 is 0 Å². The molecule has 0 saturated carbocycles. The summed E-state index contributed by atoms with van der Waals surface area (Å²) in [6, 6.07) is 7.77. The molecular formula is C21H26ClN5O2. The molecule has 0 radical (unpaired) electrons. The lowest BCUT2D eigenvalue weighted by atomic mass is 10.1. The molecule has 7 nitrogen and oxygen atoms in total. The summed E-state index contributed by atoms with van der Waals surface area (Å²) < 4.78 is 12.6. The average molecular weight is 416 g/mol. The lowest BCUT2D eigenvalue weighted by Gasteiger charge is -2.29. The fourth-order valence-corrected chi connectivity index (χ4v) is 4.30. The second-order valence-electron chi connectivity index (χ2n) is 7.58. The van der Waals surface area contributed by atoms with Crippen molar-refractivity contribution < 1.29 is 9.47 Å². The van der Waals surface area contributed by atoms with Gasteiger partial charge in [0.15, 0.2) is 5.65 Å². The molecule has 1 aliphatic rings. The molecule has 0 bridgehead atoms. The van der Waals surface area contributed by atoms with E-state index in [0.717, 1.165) is 41.5 Å². The predicted molar refractivity (Wildman–Crippen MR) is 116 cm³/mol. The molecular weight excluding hydrogens is 390 g/mol. The number of hydrogen-bond acceptors (Lipinski definition) is 6. The fraction of sp³-hybridized carbons (Fsp3) is 0.429. The molecule has 1 fully saturated rings. The van der Waals surface area contributed by atoms with E-state index in [4.69, 9.17) is 26.1 Å². The summed E-state index contributed by atoms with van der Waals surface area (Å²) in [5, 5.41) is 8.51. The highest BCUT2D eigenvalue weighted by Crippen LogP contribution is 2.36. The van der Waals surface area contributed by atoms with Gasteiger partial charge in [0.05, 0.1) is 36.7 Å². The van der Waals surface area contributed by atoms with Crippen molar-refractivity contribution in [3.63, 3.8) is 0 Å². The van der Waals surface area contributed by atoms with Crippen molar-refractivity contribution >= 4 is 34.6 Å². The Morgan fingerprint density at radius 2 is 2.10 bits per heavy atom. The molecule has 1 aromatic carbocycles. The smallest absolute Gasteiger partial charge is 0.159 e. The Hall–Kier alpha value is -2.51. The number of fused-ring (bicyclic) bond motifs is 1. The lowest BCUT2D eigenvalue weighted by molar-refractivity contribution is 0.179. The molecule has 154 valence electrons. The number of benzene rings is 1. The van der Waals surface area contributed by atoms with E-state index in [1.54, 1.807) is 26.5 Å². The van der Waals surface area contributed by atoms with Crippen molar-refractivity contribution in [1.82, 2.24) is 14.6 Å². The predicted octanol–water partition coefficient (Wildman–Crippen LogP) is 4.30. The first-order valence-electron chi connectivity index (χ1n) is 9.72. The first-order valence-corrected chi connectivity index (χ1v) is 10.1. The average Bonchev–Trinajstić information content (AvgIpc) is 3.30. The SMILES string of the molecule is COCC1CC(C)CN1c1c(C)c(Nc2ccc(OC)cc2Cl)nc2ccnn12. The van der Waals surface area contributed by atoms with Crippen molar-refractivity contribution in [3.05, 3.63) is 41.0 Å². The first-order chi connectivity index (χ1) is 14.0. The number of methoxy groups -OCH3 is 2. The van der Waals surface area contributed by atoms with Crippen LogP contribution >= 0.6 is 11.6 Å². The van der Waals surface area contributed by atoms with Crippen molar-refractivity contribution in [3.8, 4) is 5.75 Å². The molecule has 8 heteroatoms. The molecule has 4 rings (SSSR count). The van der Waals surface area contributed by atoms with Crippen LogP contribution in [0.4, 0.5) is 17.3 Å². The molecule has 1 aliphatic heterocycles. The molecule has 2 atom stereocenters. The highest BCUT2D eigenvalue weighted by atomic mass is 35.5. The maximum atomic E-state index is 6.44. The van der Waals surface area contributed by atoms with Gasteiger partial charge in [0.25, 0.3) is 0 Å². The van der Waals surface area contributed by atoms with Gasteiger partial charge in [-0.05, 0) is 31.4 Å². The van der Waals surface area contributed by atoms with Crippen molar-refractivity contribution in [1.29, 1.82) is 0 Å². The third-order valence-electron chi connectivity index (χ3n) is 5.42. The van der Waals surface area contributed by atoms with Gasteiger partial charge < -0.3 is 19.7 Å². The molecule has 0 spiro atoms. The third-order valence-corrected chi connectivity index (χ3v) is 5.74. The van der Waals surface area contributed by atoms with Gasteiger partial charge in [-0.25, -0.2) is 4.98 Å². The zero-order valence-electron chi connectivity index (χ0n) is 17.1. The number of aromatic nitrogens is 3. The highest BCUT2D eigenvalue weighted by Gasteiger charge is 2.33. The number of anilines is 3. The minimum absolute atomic E-state index is 0.306. The number of rotatable bonds is 6. The summed E-state index contributed by atoms with van der Waals surface area (Å²) in [6.07, 6.45) is 2.87. The summed E-state index contributed by atoms with van der Waals surface area (Å²) in [5.41, 5.74) is 2.58. The topological polar surface area (TPSA) is 63.9 Å². The third kappa shape index (κ3) is 3.72. The van der Waals surface area contributed by atoms with Crippen LogP contribution < -0.4 is 15.0 Å². The Morgan fingerprint density at radius 1 is 1.28 bits per heavy atom. The van der Waals surface area contributed by atoms with Crippen LogP contribution in [-0.2, 0) is 4.74 Å².